The number of rotatable bonds is 13. The van der Waals surface area contributed by atoms with Crippen LogP contribution in [0, 0.1) is 13.8 Å². The standard InChI is InChI=1S/C26H30O4/c1-19-13-9-11-15-21(19)25(29)23(27)17-7-5-3-4-6-8-18-24(28)26(30)22-16-12-10-14-20(22)2/h9-16H,3-8,17-18H2,1-2H3. The van der Waals surface area contributed by atoms with Crippen molar-refractivity contribution in [2.45, 2.75) is 65.2 Å². The lowest BCUT2D eigenvalue weighted by atomic mass is 9.98. The molecule has 0 heterocycles. The number of carbonyl (C=O) groups is 4. The van der Waals surface area contributed by atoms with Crippen LogP contribution in [0.1, 0.15) is 83.2 Å². The van der Waals surface area contributed by atoms with Gasteiger partial charge < -0.3 is 0 Å². The summed E-state index contributed by atoms with van der Waals surface area (Å²) in [5.74, 6) is -1.45. The van der Waals surface area contributed by atoms with Gasteiger partial charge in [0, 0.05) is 24.0 Å². The number of carbonyl (C=O) groups excluding carboxylic acids is 4. The van der Waals surface area contributed by atoms with Crippen LogP contribution in [0.25, 0.3) is 0 Å². The molecule has 0 atom stereocenters. The lowest BCUT2D eigenvalue weighted by molar-refractivity contribution is -0.115. The van der Waals surface area contributed by atoms with E-state index in [0.29, 0.717) is 24.0 Å². The molecule has 0 saturated heterocycles. The van der Waals surface area contributed by atoms with Gasteiger partial charge in [-0.1, -0.05) is 74.2 Å². The Morgan fingerprint density at radius 1 is 0.533 bits per heavy atom. The van der Waals surface area contributed by atoms with Gasteiger partial charge in [0.25, 0.3) is 0 Å². The van der Waals surface area contributed by atoms with Crippen LogP contribution < -0.4 is 0 Å². The van der Waals surface area contributed by atoms with Gasteiger partial charge in [0.2, 0.25) is 23.1 Å². The highest BCUT2D eigenvalue weighted by Gasteiger charge is 2.18. The van der Waals surface area contributed by atoms with Crippen molar-refractivity contribution in [1.29, 1.82) is 0 Å². The summed E-state index contributed by atoms with van der Waals surface area (Å²) < 4.78 is 0. The molecule has 0 spiro atoms. The highest BCUT2D eigenvalue weighted by atomic mass is 16.2. The number of ketones is 4. The van der Waals surface area contributed by atoms with Gasteiger partial charge in [-0.15, -0.1) is 0 Å². The molecule has 0 aromatic heterocycles. The smallest absolute Gasteiger partial charge is 0.228 e. The van der Waals surface area contributed by atoms with Gasteiger partial charge in [-0.3, -0.25) is 19.2 Å². The van der Waals surface area contributed by atoms with E-state index in [9.17, 15) is 19.2 Å². The third-order valence-electron chi connectivity index (χ3n) is 5.34. The molecule has 0 amide bonds. The van der Waals surface area contributed by atoms with Crippen LogP contribution in [0.15, 0.2) is 48.5 Å². The average Bonchev–Trinajstić information content (AvgIpc) is 2.75. The SMILES string of the molecule is Cc1ccccc1C(=O)C(=O)CCCCCCCCC(=O)C(=O)c1ccccc1C. The van der Waals surface area contributed by atoms with Crippen molar-refractivity contribution >= 4 is 23.1 Å². The molecule has 0 fully saturated rings. The highest BCUT2D eigenvalue weighted by Crippen LogP contribution is 2.14. The summed E-state index contributed by atoms with van der Waals surface area (Å²) in [5.41, 5.74) is 2.64. The summed E-state index contributed by atoms with van der Waals surface area (Å²) in [6, 6.07) is 14.3. The highest BCUT2D eigenvalue weighted by molar-refractivity contribution is 6.44. The molecular formula is C26H30O4. The first-order valence-corrected chi connectivity index (χ1v) is 10.7. The Bertz CT molecular complexity index is 835. The van der Waals surface area contributed by atoms with Gasteiger partial charge in [-0.2, -0.15) is 0 Å². The fourth-order valence-corrected chi connectivity index (χ4v) is 3.46. The molecule has 0 bridgehead atoms. The third kappa shape index (κ3) is 6.87. The summed E-state index contributed by atoms with van der Waals surface area (Å²) in [6.07, 6.45) is 5.60. The molecule has 0 radical (unpaired) electrons. The zero-order valence-corrected chi connectivity index (χ0v) is 17.9. The van der Waals surface area contributed by atoms with Crippen molar-refractivity contribution in [3.63, 3.8) is 0 Å². The second kappa shape index (κ2) is 12.0. The van der Waals surface area contributed by atoms with E-state index < -0.39 is 11.6 Å². The Morgan fingerprint density at radius 2 is 0.867 bits per heavy atom. The Balaban J connectivity index is 1.58. The molecule has 0 saturated carbocycles. The zero-order valence-electron chi connectivity index (χ0n) is 17.9. The Labute approximate surface area is 178 Å². The maximum atomic E-state index is 12.2. The second-order valence-corrected chi connectivity index (χ2v) is 7.76. The van der Waals surface area contributed by atoms with E-state index in [1.807, 2.05) is 38.1 Å². The minimum Gasteiger partial charge on any atom is -0.290 e. The van der Waals surface area contributed by atoms with Gasteiger partial charge in [0.15, 0.2) is 0 Å². The number of unbranched alkanes of at least 4 members (excludes halogenated alkanes) is 5. The Hall–Kier alpha value is -2.88. The minimum absolute atomic E-state index is 0.274. The monoisotopic (exact) mass is 406 g/mol. The molecule has 2 aromatic rings. The van der Waals surface area contributed by atoms with E-state index in [0.717, 1.165) is 36.8 Å². The predicted molar refractivity (Wildman–Crippen MR) is 118 cm³/mol. The van der Waals surface area contributed by atoms with Gasteiger partial charge >= 0.3 is 0 Å². The Morgan fingerprint density at radius 3 is 1.23 bits per heavy atom. The van der Waals surface area contributed by atoms with Crippen molar-refractivity contribution in [3.05, 3.63) is 70.8 Å². The van der Waals surface area contributed by atoms with Crippen LogP contribution in [-0.2, 0) is 9.59 Å². The number of benzene rings is 2. The molecule has 0 aliphatic carbocycles. The lowest BCUT2D eigenvalue weighted by Crippen LogP contribution is -2.15. The molecule has 158 valence electrons. The third-order valence-corrected chi connectivity index (χ3v) is 5.34. The average molecular weight is 407 g/mol. The first-order valence-electron chi connectivity index (χ1n) is 10.7. The van der Waals surface area contributed by atoms with E-state index in [-0.39, 0.29) is 24.4 Å². The molecule has 4 heteroatoms. The van der Waals surface area contributed by atoms with Crippen LogP contribution in [0.2, 0.25) is 0 Å². The van der Waals surface area contributed by atoms with Crippen molar-refractivity contribution in [2.75, 3.05) is 0 Å². The topological polar surface area (TPSA) is 68.3 Å². The lowest BCUT2D eigenvalue weighted by Gasteiger charge is -2.05. The van der Waals surface area contributed by atoms with E-state index in [1.54, 1.807) is 24.3 Å². The van der Waals surface area contributed by atoms with Gasteiger partial charge in [0.1, 0.15) is 0 Å². The molecular weight excluding hydrogens is 376 g/mol. The fourth-order valence-electron chi connectivity index (χ4n) is 3.46. The number of aryl methyl sites for hydroxylation is 2. The van der Waals surface area contributed by atoms with Crippen molar-refractivity contribution in [1.82, 2.24) is 0 Å². The number of Topliss-reactive ketones (excluding diaryl/α,β-unsaturated/α-hetero) is 4. The van der Waals surface area contributed by atoms with Crippen molar-refractivity contribution in [3.8, 4) is 0 Å². The first-order chi connectivity index (χ1) is 14.4. The van der Waals surface area contributed by atoms with Gasteiger partial charge in [-0.05, 0) is 37.8 Å². The van der Waals surface area contributed by atoms with Crippen LogP contribution >= 0.6 is 0 Å². The largest absolute Gasteiger partial charge is 0.290 e. The molecule has 0 aliphatic heterocycles. The maximum absolute atomic E-state index is 12.2. The summed E-state index contributed by atoms with van der Waals surface area (Å²) in [6.45, 7) is 3.67. The molecule has 2 aromatic carbocycles. The number of hydrogen-bond acceptors (Lipinski definition) is 4. The van der Waals surface area contributed by atoms with Gasteiger partial charge in [0.05, 0.1) is 0 Å². The van der Waals surface area contributed by atoms with Crippen molar-refractivity contribution < 1.29 is 19.2 Å². The van der Waals surface area contributed by atoms with Gasteiger partial charge in [-0.25, -0.2) is 0 Å². The Kier molecular flexibility index (Phi) is 9.33. The van der Waals surface area contributed by atoms with Crippen molar-refractivity contribution in [2.24, 2.45) is 0 Å². The van der Waals surface area contributed by atoms with E-state index in [4.69, 9.17) is 0 Å². The van der Waals surface area contributed by atoms with E-state index >= 15 is 0 Å². The molecule has 0 N–H and O–H groups in total. The van der Waals surface area contributed by atoms with Crippen LogP contribution in [0.5, 0.6) is 0 Å². The maximum Gasteiger partial charge on any atom is 0.228 e. The normalized spacial score (nSPS) is 10.6. The summed E-state index contributed by atoms with van der Waals surface area (Å²) in [5, 5.41) is 0. The molecule has 2 rings (SSSR count). The second-order valence-electron chi connectivity index (χ2n) is 7.76. The van der Waals surface area contributed by atoms with E-state index in [1.165, 1.54) is 0 Å². The zero-order chi connectivity index (χ0) is 21.9. The first kappa shape index (κ1) is 23.4. The minimum atomic E-state index is -0.398. The summed E-state index contributed by atoms with van der Waals surface area (Å²) in [4.78, 5) is 48.6. The molecule has 4 nitrogen and oxygen atoms in total. The van der Waals surface area contributed by atoms with E-state index in [2.05, 4.69) is 0 Å². The fraction of sp³-hybridized carbons (Fsp3) is 0.385. The summed E-state index contributed by atoms with van der Waals surface area (Å²) in [7, 11) is 0. The molecule has 0 aliphatic rings. The van der Waals surface area contributed by atoms with Crippen LogP contribution in [0.4, 0.5) is 0 Å². The summed E-state index contributed by atoms with van der Waals surface area (Å²) >= 11 is 0. The quantitative estimate of drug-likeness (QED) is 0.246. The molecule has 0 unspecified atom stereocenters. The molecule has 30 heavy (non-hydrogen) atoms. The van der Waals surface area contributed by atoms with Crippen LogP contribution in [0.3, 0.4) is 0 Å². The van der Waals surface area contributed by atoms with Crippen LogP contribution in [-0.4, -0.2) is 23.1 Å². The number of hydrogen-bond donors (Lipinski definition) is 0. The predicted octanol–water partition coefficient (Wildman–Crippen LogP) is 5.63.